The molecule has 0 aliphatic carbocycles. The summed E-state index contributed by atoms with van der Waals surface area (Å²) in [6.45, 7) is 6.96. The van der Waals surface area contributed by atoms with Crippen LogP contribution in [0.2, 0.25) is 0 Å². The molecular weight excluding hydrogens is 296 g/mol. The molecule has 124 valence electrons. The molecule has 0 spiro atoms. The molecule has 5 heteroatoms. The van der Waals surface area contributed by atoms with E-state index in [1.807, 2.05) is 12.3 Å². The first-order chi connectivity index (χ1) is 10.4. The van der Waals surface area contributed by atoms with Gasteiger partial charge in [-0.25, -0.2) is 4.79 Å². The van der Waals surface area contributed by atoms with E-state index in [9.17, 15) is 4.79 Å². The van der Waals surface area contributed by atoms with Crippen LogP contribution in [-0.2, 0) is 5.41 Å². The summed E-state index contributed by atoms with van der Waals surface area (Å²) >= 11 is 1.66. The summed E-state index contributed by atoms with van der Waals surface area (Å²) in [6.07, 6.45) is 2.57. The number of thioether (sulfide) groups is 1. The van der Waals surface area contributed by atoms with Gasteiger partial charge in [0.05, 0.1) is 0 Å². The number of aryl methyl sites for hydroxylation is 1. The zero-order valence-corrected chi connectivity index (χ0v) is 14.8. The zero-order valence-electron chi connectivity index (χ0n) is 14.0. The van der Waals surface area contributed by atoms with Gasteiger partial charge in [-0.15, -0.1) is 0 Å². The number of rotatable bonds is 8. The molecule has 0 aromatic heterocycles. The minimum Gasteiger partial charge on any atom is -0.396 e. The Hall–Kier alpha value is -1.20. The first-order valence-corrected chi connectivity index (χ1v) is 8.99. The van der Waals surface area contributed by atoms with E-state index in [-0.39, 0.29) is 24.1 Å². The van der Waals surface area contributed by atoms with Gasteiger partial charge < -0.3 is 15.7 Å². The van der Waals surface area contributed by atoms with Crippen LogP contribution in [0.4, 0.5) is 4.79 Å². The Labute approximate surface area is 138 Å². The molecule has 0 fully saturated rings. The highest BCUT2D eigenvalue weighted by Crippen LogP contribution is 2.22. The lowest BCUT2D eigenvalue weighted by molar-refractivity contribution is 0.229. The fraction of sp³-hybridized carbons (Fsp3) is 0.588. The molecule has 2 amide bonds. The molecule has 0 aliphatic rings. The van der Waals surface area contributed by atoms with Gasteiger partial charge in [0.15, 0.2) is 0 Å². The number of benzene rings is 1. The molecule has 4 nitrogen and oxygen atoms in total. The summed E-state index contributed by atoms with van der Waals surface area (Å²) in [5.74, 6) is 0.801. The van der Waals surface area contributed by atoms with E-state index < -0.39 is 0 Å². The molecule has 0 saturated heterocycles. The molecular formula is C17H28N2O2S. The van der Waals surface area contributed by atoms with Gasteiger partial charge in [0.2, 0.25) is 0 Å². The van der Waals surface area contributed by atoms with E-state index in [4.69, 9.17) is 5.11 Å². The molecule has 22 heavy (non-hydrogen) atoms. The van der Waals surface area contributed by atoms with Crippen LogP contribution in [0.1, 0.15) is 31.4 Å². The zero-order chi connectivity index (χ0) is 16.6. The monoisotopic (exact) mass is 324 g/mol. The summed E-state index contributed by atoms with van der Waals surface area (Å²) < 4.78 is 0. The van der Waals surface area contributed by atoms with Gasteiger partial charge >= 0.3 is 6.03 Å². The average molecular weight is 324 g/mol. The topological polar surface area (TPSA) is 61.4 Å². The summed E-state index contributed by atoms with van der Waals surface area (Å²) in [6, 6.07) is 8.19. The van der Waals surface area contributed by atoms with Crippen LogP contribution in [0.3, 0.4) is 0 Å². The van der Waals surface area contributed by atoms with E-state index in [1.165, 1.54) is 11.1 Å². The number of aliphatic hydroxyl groups is 1. The fourth-order valence-electron chi connectivity index (χ4n) is 2.26. The first-order valence-electron chi connectivity index (χ1n) is 7.60. The number of carbonyl (C=O) groups excluding carboxylic acids is 1. The van der Waals surface area contributed by atoms with Crippen molar-refractivity contribution in [3.05, 3.63) is 35.4 Å². The minimum atomic E-state index is -0.173. The van der Waals surface area contributed by atoms with Crippen molar-refractivity contribution in [1.29, 1.82) is 0 Å². The quantitative estimate of drug-likeness (QED) is 0.689. The third-order valence-corrected chi connectivity index (χ3v) is 4.41. The van der Waals surface area contributed by atoms with E-state index in [2.05, 4.69) is 49.6 Å². The molecule has 1 atom stereocenters. The Morgan fingerprint density at radius 3 is 2.73 bits per heavy atom. The van der Waals surface area contributed by atoms with E-state index in [1.54, 1.807) is 11.8 Å². The molecule has 1 unspecified atom stereocenters. The third-order valence-electron chi connectivity index (χ3n) is 3.67. The fourth-order valence-corrected chi connectivity index (χ4v) is 2.91. The number of carbonyl (C=O) groups is 1. The van der Waals surface area contributed by atoms with Gasteiger partial charge in [-0.2, -0.15) is 11.8 Å². The van der Waals surface area contributed by atoms with Gasteiger partial charge in [0, 0.05) is 30.4 Å². The molecule has 1 rings (SSSR count). The maximum Gasteiger partial charge on any atom is 0.315 e. The Bertz CT molecular complexity index is 471. The average Bonchev–Trinajstić information content (AvgIpc) is 2.46. The minimum absolute atomic E-state index is 0.00193. The summed E-state index contributed by atoms with van der Waals surface area (Å²) in [5, 5.41) is 14.9. The lowest BCUT2D eigenvalue weighted by Gasteiger charge is -2.27. The van der Waals surface area contributed by atoms with E-state index >= 15 is 0 Å². The smallest absolute Gasteiger partial charge is 0.315 e. The number of hydrogen-bond acceptors (Lipinski definition) is 3. The Morgan fingerprint density at radius 2 is 2.14 bits per heavy atom. The molecule has 0 saturated carbocycles. The molecule has 0 bridgehead atoms. The Morgan fingerprint density at radius 1 is 1.41 bits per heavy atom. The van der Waals surface area contributed by atoms with Gasteiger partial charge in [0.1, 0.15) is 0 Å². The van der Waals surface area contributed by atoms with Crippen LogP contribution in [0.15, 0.2) is 24.3 Å². The molecule has 0 heterocycles. The maximum absolute atomic E-state index is 12.0. The van der Waals surface area contributed by atoms with Crippen molar-refractivity contribution < 1.29 is 9.90 Å². The van der Waals surface area contributed by atoms with Crippen molar-refractivity contribution in [2.24, 2.45) is 0 Å². The lowest BCUT2D eigenvalue weighted by atomic mass is 9.84. The molecule has 1 aromatic carbocycles. The van der Waals surface area contributed by atoms with Crippen molar-refractivity contribution in [2.45, 2.75) is 38.6 Å². The Kier molecular flexibility index (Phi) is 7.76. The predicted octanol–water partition coefficient (Wildman–Crippen LogP) is 2.69. The van der Waals surface area contributed by atoms with Crippen LogP contribution in [0, 0.1) is 6.92 Å². The van der Waals surface area contributed by atoms with Crippen molar-refractivity contribution in [2.75, 3.05) is 25.2 Å². The highest BCUT2D eigenvalue weighted by molar-refractivity contribution is 7.98. The molecule has 1 aromatic rings. The number of amides is 2. The molecule has 3 N–H and O–H groups in total. The Balaban J connectivity index is 2.54. The van der Waals surface area contributed by atoms with Crippen LogP contribution in [-0.4, -0.2) is 42.3 Å². The SMILES string of the molecule is CSCC(CCO)NC(=O)NCC(C)(C)c1cccc(C)c1. The normalized spacial score (nSPS) is 12.8. The number of hydrogen-bond donors (Lipinski definition) is 3. The van der Waals surface area contributed by atoms with Crippen molar-refractivity contribution in [1.82, 2.24) is 10.6 Å². The second kappa shape index (κ2) is 9.06. The second-order valence-corrected chi connectivity index (χ2v) is 7.16. The van der Waals surface area contributed by atoms with Crippen LogP contribution in [0.25, 0.3) is 0 Å². The summed E-state index contributed by atoms with van der Waals surface area (Å²) in [4.78, 5) is 12.0. The van der Waals surface area contributed by atoms with Crippen molar-refractivity contribution in [3.8, 4) is 0 Å². The van der Waals surface area contributed by atoms with E-state index in [0.29, 0.717) is 13.0 Å². The van der Waals surface area contributed by atoms with Crippen molar-refractivity contribution in [3.63, 3.8) is 0 Å². The van der Waals surface area contributed by atoms with E-state index in [0.717, 1.165) is 5.75 Å². The predicted molar refractivity (Wildman–Crippen MR) is 94.6 cm³/mol. The van der Waals surface area contributed by atoms with Crippen LogP contribution >= 0.6 is 11.8 Å². The molecule has 0 radical (unpaired) electrons. The number of urea groups is 1. The van der Waals surface area contributed by atoms with Gasteiger partial charge in [0.25, 0.3) is 0 Å². The highest BCUT2D eigenvalue weighted by Gasteiger charge is 2.22. The van der Waals surface area contributed by atoms with Crippen LogP contribution in [0.5, 0.6) is 0 Å². The van der Waals surface area contributed by atoms with Gasteiger partial charge in [-0.1, -0.05) is 43.7 Å². The van der Waals surface area contributed by atoms with Crippen LogP contribution < -0.4 is 10.6 Å². The van der Waals surface area contributed by atoms with Gasteiger partial charge in [-0.3, -0.25) is 0 Å². The van der Waals surface area contributed by atoms with Gasteiger partial charge in [-0.05, 0) is 25.2 Å². The summed E-state index contributed by atoms with van der Waals surface area (Å²) in [5.41, 5.74) is 2.30. The lowest BCUT2D eigenvalue weighted by Crippen LogP contribution is -2.47. The third kappa shape index (κ3) is 6.28. The van der Waals surface area contributed by atoms with Crippen molar-refractivity contribution >= 4 is 17.8 Å². The highest BCUT2D eigenvalue weighted by atomic mass is 32.2. The maximum atomic E-state index is 12.0. The second-order valence-electron chi connectivity index (χ2n) is 6.24. The molecule has 0 aliphatic heterocycles. The summed E-state index contributed by atoms with van der Waals surface area (Å²) in [7, 11) is 0. The standard InChI is InChI=1S/C17H28N2O2S/c1-13-6-5-7-14(10-13)17(2,3)12-18-16(21)19-15(8-9-20)11-22-4/h5-7,10,15,20H,8-9,11-12H2,1-4H3,(H2,18,19,21). The largest absolute Gasteiger partial charge is 0.396 e. The first kappa shape index (κ1) is 18.8. The number of aliphatic hydroxyl groups excluding tert-OH is 1. The number of nitrogens with one attached hydrogen (secondary N) is 2.